The number of rotatable bonds is 2. The van der Waals surface area contributed by atoms with Gasteiger partial charge in [-0.15, -0.1) is 0 Å². The van der Waals surface area contributed by atoms with Crippen molar-refractivity contribution in [2.45, 2.75) is 58.0 Å². The maximum absolute atomic E-state index is 12.7. The van der Waals surface area contributed by atoms with Gasteiger partial charge in [0.2, 0.25) is 5.91 Å². The number of nitrogens with zero attached hydrogens (tertiary/aromatic N) is 1. The number of carbonyl (C=O) groups excluding carboxylic acids is 3. The third kappa shape index (κ3) is 3.83. The van der Waals surface area contributed by atoms with E-state index in [1.165, 1.54) is 13.3 Å². The molecule has 1 heterocycles. The lowest BCUT2D eigenvalue weighted by atomic mass is 9.85. The molecule has 3 amide bonds. The number of benzene rings is 1. The van der Waals surface area contributed by atoms with Crippen molar-refractivity contribution in [3.8, 4) is 0 Å². The number of hydrogen-bond donors (Lipinski definition) is 2. The minimum absolute atomic E-state index is 0.108. The first-order valence-corrected chi connectivity index (χ1v) is 8.97. The Kier molecular flexibility index (Phi) is 5.06. The van der Waals surface area contributed by atoms with E-state index >= 15 is 0 Å². The highest BCUT2D eigenvalue weighted by Gasteiger charge is 2.44. The third-order valence-corrected chi connectivity index (χ3v) is 5.21. The van der Waals surface area contributed by atoms with Crippen molar-refractivity contribution in [2.24, 2.45) is 5.92 Å². The molecule has 1 aliphatic heterocycles. The molecule has 6 nitrogen and oxygen atoms in total. The second-order valence-corrected chi connectivity index (χ2v) is 7.13. The lowest BCUT2D eigenvalue weighted by Gasteiger charge is -2.32. The molecule has 2 fully saturated rings. The van der Waals surface area contributed by atoms with Crippen LogP contribution in [0, 0.1) is 5.92 Å². The Hall–Kier alpha value is -2.37. The summed E-state index contributed by atoms with van der Waals surface area (Å²) >= 11 is 0. The van der Waals surface area contributed by atoms with E-state index in [0.29, 0.717) is 17.3 Å². The summed E-state index contributed by atoms with van der Waals surface area (Å²) in [5.74, 6) is -0.720. The normalized spacial score (nSPS) is 25.2. The second kappa shape index (κ2) is 7.25. The smallest absolute Gasteiger partial charge is 0.313 e. The molecule has 1 aliphatic carbocycles. The summed E-state index contributed by atoms with van der Waals surface area (Å²) in [7, 11) is 0. The zero-order chi connectivity index (χ0) is 18.0. The number of carbonyl (C=O) groups is 3. The van der Waals surface area contributed by atoms with Crippen molar-refractivity contribution in [3.05, 3.63) is 24.3 Å². The Bertz CT molecular complexity index is 688. The van der Waals surface area contributed by atoms with E-state index < -0.39 is 11.8 Å². The van der Waals surface area contributed by atoms with Crippen LogP contribution in [0.2, 0.25) is 0 Å². The molecule has 1 saturated carbocycles. The van der Waals surface area contributed by atoms with E-state index in [2.05, 4.69) is 10.6 Å². The average Bonchev–Trinajstić information content (AvgIpc) is 2.89. The highest BCUT2D eigenvalue weighted by Crippen LogP contribution is 2.39. The van der Waals surface area contributed by atoms with Crippen molar-refractivity contribution in [3.63, 3.8) is 0 Å². The highest BCUT2D eigenvalue weighted by molar-refractivity contribution is 6.39. The van der Waals surface area contributed by atoms with Crippen LogP contribution in [0.15, 0.2) is 24.3 Å². The van der Waals surface area contributed by atoms with Gasteiger partial charge in [-0.05, 0) is 50.3 Å². The summed E-state index contributed by atoms with van der Waals surface area (Å²) in [6.45, 7) is 3.45. The summed E-state index contributed by atoms with van der Waals surface area (Å²) in [6.07, 6.45) is 5.48. The van der Waals surface area contributed by atoms with Crippen molar-refractivity contribution in [1.82, 2.24) is 4.90 Å². The molecule has 3 atom stereocenters. The van der Waals surface area contributed by atoms with E-state index in [1.807, 2.05) is 6.92 Å². The summed E-state index contributed by atoms with van der Waals surface area (Å²) in [6, 6.07) is 7.11. The van der Waals surface area contributed by atoms with E-state index in [1.54, 1.807) is 29.2 Å². The van der Waals surface area contributed by atoms with Crippen LogP contribution in [-0.2, 0) is 14.4 Å². The van der Waals surface area contributed by atoms with Gasteiger partial charge in [-0.1, -0.05) is 18.9 Å². The van der Waals surface area contributed by atoms with E-state index in [4.69, 9.17) is 0 Å². The molecular formula is C19H25N3O3. The summed E-state index contributed by atoms with van der Waals surface area (Å²) < 4.78 is 0. The number of hydrogen-bond acceptors (Lipinski definition) is 3. The predicted molar refractivity (Wildman–Crippen MR) is 96.0 cm³/mol. The predicted octanol–water partition coefficient (Wildman–Crippen LogP) is 2.76. The SMILES string of the molecule is CC(=O)Nc1cccc(NC(=O)C(=O)N2C(C)CC3CCCCC32)c1. The van der Waals surface area contributed by atoms with Crippen LogP contribution in [0.3, 0.4) is 0 Å². The third-order valence-electron chi connectivity index (χ3n) is 5.21. The van der Waals surface area contributed by atoms with E-state index in [9.17, 15) is 14.4 Å². The van der Waals surface area contributed by atoms with Crippen LogP contribution < -0.4 is 10.6 Å². The number of anilines is 2. The van der Waals surface area contributed by atoms with Gasteiger partial charge in [0, 0.05) is 30.4 Å². The van der Waals surface area contributed by atoms with Crippen molar-refractivity contribution in [2.75, 3.05) is 10.6 Å². The Morgan fingerprint density at radius 1 is 1.08 bits per heavy atom. The van der Waals surface area contributed by atoms with Gasteiger partial charge in [-0.2, -0.15) is 0 Å². The Labute approximate surface area is 148 Å². The van der Waals surface area contributed by atoms with Gasteiger partial charge in [0.25, 0.3) is 0 Å². The number of likely N-dealkylation sites (tertiary alicyclic amines) is 1. The van der Waals surface area contributed by atoms with Crippen molar-refractivity contribution in [1.29, 1.82) is 0 Å². The van der Waals surface area contributed by atoms with Crippen molar-refractivity contribution >= 4 is 29.1 Å². The molecule has 6 heteroatoms. The first-order valence-electron chi connectivity index (χ1n) is 8.97. The molecule has 0 aromatic heterocycles. The van der Waals surface area contributed by atoms with Crippen LogP contribution in [-0.4, -0.2) is 34.7 Å². The van der Waals surface area contributed by atoms with Gasteiger partial charge in [0.1, 0.15) is 0 Å². The van der Waals surface area contributed by atoms with Crippen LogP contribution in [0.4, 0.5) is 11.4 Å². The Balaban J connectivity index is 1.68. The minimum atomic E-state index is -0.613. The topological polar surface area (TPSA) is 78.5 Å². The van der Waals surface area contributed by atoms with E-state index in [0.717, 1.165) is 25.7 Å². The molecule has 1 aromatic carbocycles. The number of nitrogens with one attached hydrogen (secondary N) is 2. The standard InChI is InChI=1S/C19H25N3O3/c1-12-10-14-6-3-4-9-17(14)22(12)19(25)18(24)21-16-8-5-7-15(11-16)20-13(2)23/h5,7-8,11-12,14,17H,3-4,6,9-10H2,1-2H3,(H,20,23)(H,21,24). The quantitative estimate of drug-likeness (QED) is 0.811. The van der Waals surface area contributed by atoms with Gasteiger partial charge in [-0.25, -0.2) is 0 Å². The molecular weight excluding hydrogens is 318 g/mol. The molecule has 2 N–H and O–H groups in total. The lowest BCUT2D eigenvalue weighted by molar-refractivity contribution is -0.145. The van der Waals surface area contributed by atoms with Gasteiger partial charge in [-0.3, -0.25) is 14.4 Å². The summed E-state index contributed by atoms with van der Waals surface area (Å²) in [5, 5.41) is 5.33. The number of fused-ring (bicyclic) bond motifs is 1. The van der Waals surface area contributed by atoms with E-state index in [-0.39, 0.29) is 18.0 Å². The van der Waals surface area contributed by atoms with Crippen LogP contribution in [0.1, 0.15) is 46.0 Å². The zero-order valence-corrected chi connectivity index (χ0v) is 14.7. The average molecular weight is 343 g/mol. The molecule has 1 aromatic rings. The highest BCUT2D eigenvalue weighted by atomic mass is 16.2. The Morgan fingerprint density at radius 2 is 1.76 bits per heavy atom. The van der Waals surface area contributed by atoms with Crippen LogP contribution in [0.25, 0.3) is 0 Å². The first-order chi connectivity index (χ1) is 12.0. The summed E-state index contributed by atoms with van der Waals surface area (Å²) in [5.41, 5.74) is 1.08. The van der Waals surface area contributed by atoms with Gasteiger partial charge in [0.15, 0.2) is 0 Å². The largest absolute Gasteiger partial charge is 0.328 e. The Morgan fingerprint density at radius 3 is 2.48 bits per heavy atom. The molecule has 0 spiro atoms. The fourth-order valence-electron chi connectivity index (χ4n) is 4.24. The lowest BCUT2D eigenvalue weighted by Crippen LogP contribution is -2.47. The molecule has 3 rings (SSSR count). The molecule has 1 saturated heterocycles. The van der Waals surface area contributed by atoms with Gasteiger partial charge >= 0.3 is 11.8 Å². The second-order valence-electron chi connectivity index (χ2n) is 7.13. The maximum atomic E-state index is 12.7. The van der Waals surface area contributed by atoms with Crippen LogP contribution in [0.5, 0.6) is 0 Å². The maximum Gasteiger partial charge on any atom is 0.313 e. The zero-order valence-electron chi connectivity index (χ0n) is 14.7. The first kappa shape index (κ1) is 17.5. The molecule has 2 aliphatic rings. The number of amides is 3. The fraction of sp³-hybridized carbons (Fsp3) is 0.526. The molecule has 0 radical (unpaired) electrons. The molecule has 3 unspecified atom stereocenters. The van der Waals surface area contributed by atoms with Crippen molar-refractivity contribution < 1.29 is 14.4 Å². The van der Waals surface area contributed by atoms with Crippen LogP contribution >= 0.6 is 0 Å². The molecule has 25 heavy (non-hydrogen) atoms. The monoisotopic (exact) mass is 343 g/mol. The molecule has 134 valence electrons. The summed E-state index contributed by atoms with van der Waals surface area (Å²) in [4.78, 5) is 38.1. The minimum Gasteiger partial charge on any atom is -0.328 e. The molecule has 0 bridgehead atoms. The van der Waals surface area contributed by atoms with Gasteiger partial charge < -0.3 is 15.5 Å². The van der Waals surface area contributed by atoms with Gasteiger partial charge in [0.05, 0.1) is 0 Å². The fourth-order valence-corrected chi connectivity index (χ4v) is 4.24.